The van der Waals surface area contributed by atoms with Crippen LogP contribution in [0.4, 0.5) is 0 Å². The van der Waals surface area contributed by atoms with Crippen LogP contribution in [0, 0.1) is 13.8 Å². The van der Waals surface area contributed by atoms with Crippen molar-refractivity contribution in [2.75, 3.05) is 26.2 Å². The van der Waals surface area contributed by atoms with Crippen molar-refractivity contribution >= 4 is 15.8 Å². The van der Waals surface area contributed by atoms with E-state index >= 15 is 0 Å². The number of piperazine rings is 1. The first-order valence-corrected chi connectivity index (χ1v) is 10.7. The largest absolute Gasteiger partial charge is 0.329 e. The van der Waals surface area contributed by atoms with Gasteiger partial charge in [0, 0.05) is 11.1 Å². The second-order valence-corrected chi connectivity index (χ2v) is 9.35. The Labute approximate surface area is 161 Å². The summed E-state index contributed by atoms with van der Waals surface area (Å²) in [6.07, 6.45) is 0. The summed E-state index contributed by atoms with van der Waals surface area (Å²) in [4.78, 5) is 13.0. The molecule has 2 aromatic carbocycles. The second kappa shape index (κ2) is 7.92. The van der Waals surface area contributed by atoms with Gasteiger partial charge < -0.3 is 4.90 Å². The third-order valence-corrected chi connectivity index (χ3v) is 6.98. The van der Waals surface area contributed by atoms with E-state index in [4.69, 9.17) is 0 Å². The Kier molecular flexibility index (Phi) is 5.79. The lowest BCUT2D eigenvalue weighted by Crippen LogP contribution is -3.13. The molecule has 6 heteroatoms. The zero-order valence-corrected chi connectivity index (χ0v) is 17.0. The Morgan fingerprint density at radius 2 is 1.56 bits per heavy atom. The first kappa shape index (κ1) is 19.7. The summed E-state index contributed by atoms with van der Waals surface area (Å²) in [6, 6.07) is 12.8. The van der Waals surface area contributed by atoms with Crippen molar-refractivity contribution in [3.8, 4) is 0 Å². The third-order valence-electron chi connectivity index (χ3n) is 5.06. The van der Waals surface area contributed by atoms with Gasteiger partial charge in [0.2, 0.25) is 10.0 Å². The fourth-order valence-corrected chi connectivity index (χ4v) is 5.13. The lowest BCUT2D eigenvalue weighted by Gasteiger charge is -2.31. The van der Waals surface area contributed by atoms with Gasteiger partial charge in [0.05, 0.1) is 31.1 Å². The van der Waals surface area contributed by atoms with E-state index in [1.54, 1.807) is 16.4 Å². The van der Waals surface area contributed by atoms with Crippen molar-refractivity contribution in [1.29, 1.82) is 0 Å². The first-order valence-electron chi connectivity index (χ1n) is 9.27. The molecule has 0 bridgehead atoms. The van der Waals surface area contributed by atoms with Crippen LogP contribution in [0.1, 0.15) is 34.0 Å². The number of quaternary nitrogens is 1. The Hall–Kier alpha value is -2.02. The average Bonchev–Trinajstić information content (AvgIpc) is 2.61. The molecule has 0 saturated carbocycles. The second-order valence-electron chi connectivity index (χ2n) is 7.41. The average molecular weight is 388 g/mol. The van der Waals surface area contributed by atoms with E-state index in [-0.39, 0.29) is 10.7 Å². The van der Waals surface area contributed by atoms with E-state index in [1.807, 2.05) is 0 Å². The van der Waals surface area contributed by atoms with E-state index in [0.717, 1.165) is 19.6 Å². The number of Topliss-reactive ketones (excluding diaryl/α,β-unsaturated/α-hetero) is 1. The number of carbonyl (C=O) groups is 1. The summed E-state index contributed by atoms with van der Waals surface area (Å²) in [7, 11) is -3.51. The molecule has 2 aromatic rings. The Morgan fingerprint density at radius 3 is 2.07 bits per heavy atom. The molecule has 0 spiro atoms. The molecule has 3 rings (SSSR count). The van der Waals surface area contributed by atoms with Crippen LogP contribution >= 0.6 is 0 Å². The standard InChI is InChI=1S/C21H26N2O3S/c1-16-12-17(2)14-19(13-16)15-22-8-10-23(11-9-22)27(25,26)21-6-4-20(5-7-21)18(3)24/h4-7,12-14H,8-11,15H2,1-3H3/p+1. The minimum atomic E-state index is -3.51. The molecule has 1 fully saturated rings. The van der Waals surface area contributed by atoms with Crippen LogP contribution in [0.3, 0.4) is 0 Å². The van der Waals surface area contributed by atoms with Gasteiger partial charge in [-0.15, -0.1) is 0 Å². The van der Waals surface area contributed by atoms with Gasteiger partial charge >= 0.3 is 0 Å². The maximum atomic E-state index is 12.9. The van der Waals surface area contributed by atoms with Gasteiger partial charge in [-0.2, -0.15) is 4.31 Å². The van der Waals surface area contributed by atoms with Crippen molar-refractivity contribution in [1.82, 2.24) is 4.31 Å². The highest BCUT2D eigenvalue weighted by Gasteiger charge is 2.30. The van der Waals surface area contributed by atoms with Gasteiger partial charge in [0.15, 0.2) is 5.78 Å². The maximum absolute atomic E-state index is 12.9. The summed E-state index contributed by atoms with van der Waals surface area (Å²) >= 11 is 0. The van der Waals surface area contributed by atoms with Gasteiger partial charge in [-0.05, 0) is 32.9 Å². The van der Waals surface area contributed by atoms with Crippen molar-refractivity contribution in [3.63, 3.8) is 0 Å². The molecule has 1 N–H and O–H groups in total. The molecule has 1 heterocycles. The molecule has 0 aromatic heterocycles. The minimum Gasteiger partial charge on any atom is -0.329 e. The van der Waals surface area contributed by atoms with Crippen LogP contribution in [0.2, 0.25) is 0 Å². The summed E-state index contributed by atoms with van der Waals surface area (Å²) in [5, 5.41) is 0. The van der Waals surface area contributed by atoms with Crippen LogP contribution in [0.15, 0.2) is 47.4 Å². The van der Waals surface area contributed by atoms with Gasteiger partial charge in [0.1, 0.15) is 6.54 Å². The quantitative estimate of drug-likeness (QED) is 0.793. The molecule has 0 amide bonds. The van der Waals surface area contributed by atoms with E-state index < -0.39 is 10.0 Å². The number of hydrogen-bond acceptors (Lipinski definition) is 3. The van der Waals surface area contributed by atoms with Crippen LogP contribution in [0.5, 0.6) is 0 Å². The first-order chi connectivity index (χ1) is 12.8. The summed E-state index contributed by atoms with van der Waals surface area (Å²) in [5.74, 6) is -0.0671. The molecule has 27 heavy (non-hydrogen) atoms. The molecule has 1 aliphatic rings. The van der Waals surface area contributed by atoms with Crippen molar-refractivity contribution in [3.05, 3.63) is 64.7 Å². The smallest absolute Gasteiger partial charge is 0.243 e. The predicted molar refractivity (Wildman–Crippen MR) is 106 cm³/mol. The van der Waals surface area contributed by atoms with Crippen LogP contribution in [-0.4, -0.2) is 44.7 Å². The fraction of sp³-hybridized carbons (Fsp3) is 0.381. The molecule has 144 valence electrons. The number of nitrogens with zero attached hydrogens (tertiary/aromatic N) is 1. The fourth-order valence-electron chi connectivity index (χ4n) is 3.69. The highest BCUT2D eigenvalue weighted by Crippen LogP contribution is 2.17. The van der Waals surface area contributed by atoms with Gasteiger partial charge in [0.25, 0.3) is 0 Å². The number of benzene rings is 2. The number of hydrogen-bond donors (Lipinski definition) is 1. The molecule has 1 saturated heterocycles. The lowest BCUT2D eigenvalue weighted by molar-refractivity contribution is -0.917. The van der Waals surface area contributed by atoms with E-state index in [9.17, 15) is 13.2 Å². The number of carbonyl (C=O) groups excluding carboxylic acids is 1. The van der Waals surface area contributed by atoms with Crippen molar-refractivity contribution in [2.24, 2.45) is 0 Å². The number of aryl methyl sites for hydroxylation is 2. The number of rotatable bonds is 5. The Bertz CT molecular complexity index is 908. The van der Waals surface area contributed by atoms with Gasteiger partial charge in [-0.25, -0.2) is 8.42 Å². The summed E-state index contributed by atoms with van der Waals surface area (Å²) in [6.45, 7) is 9.20. The molecule has 0 atom stereocenters. The molecule has 0 unspecified atom stereocenters. The van der Waals surface area contributed by atoms with Gasteiger partial charge in [-0.3, -0.25) is 4.79 Å². The summed E-state index contributed by atoms with van der Waals surface area (Å²) < 4.78 is 27.3. The monoisotopic (exact) mass is 387 g/mol. The highest BCUT2D eigenvalue weighted by atomic mass is 32.2. The van der Waals surface area contributed by atoms with Crippen molar-refractivity contribution in [2.45, 2.75) is 32.2 Å². The number of nitrogens with one attached hydrogen (secondary N) is 1. The van der Waals surface area contributed by atoms with Crippen LogP contribution in [0.25, 0.3) is 0 Å². The molecule has 0 radical (unpaired) electrons. The van der Waals surface area contributed by atoms with Gasteiger partial charge in [-0.1, -0.05) is 41.5 Å². The van der Waals surface area contributed by atoms with Crippen LogP contribution in [-0.2, 0) is 16.6 Å². The zero-order valence-electron chi connectivity index (χ0n) is 16.2. The molecular weight excluding hydrogens is 360 g/mol. The maximum Gasteiger partial charge on any atom is 0.243 e. The Morgan fingerprint density at radius 1 is 1.00 bits per heavy atom. The van der Waals surface area contributed by atoms with E-state index in [0.29, 0.717) is 18.7 Å². The van der Waals surface area contributed by atoms with E-state index in [1.165, 1.54) is 40.6 Å². The number of ketones is 1. The van der Waals surface area contributed by atoms with Crippen molar-refractivity contribution < 1.29 is 18.1 Å². The van der Waals surface area contributed by atoms with E-state index in [2.05, 4.69) is 32.0 Å². The topological polar surface area (TPSA) is 58.9 Å². The normalized spacial score (nSPS) is 16.4. The number of sulfonamides is 1. The predicted octanol–water partition coefficient (Wildman–Crippen LogP) is 1.60. The molecule has 5 nitrogen and oxygen atoms in total. The Balaban J connectivity index is 1.64. The highest BCUT2D eigenvalue weighted by molar-refractivity contribution is 7.89. The minimum absolute atomic E-state index is 0.0671. The van der Waals surface area contributed by atoms with Crippen LogP contribution < -0.4 is 4.90 Å². The third kappa shape index (κ3) is 4.64. The molecule has 1 aliphatic heterocycles. The summed E-state index contributed by atoms with van der Waals surface area (Å²) in [5.41, 5.74) is 4.36. The molecular formula is C21H27N2O3S+. The zero-order chi connectivity index (χ0) is 19.6. The molecule has 0 aliphatic carbocycles. The lowest BCUT2D eigenvalue weighted by atomic mass is 10.1. The SMILES string of the molecule is CC(=O)c1ccc(S(=O)(=O)N2CC[NH+](Cc3cc(C)cc(C)c3)CC2)cc1.